The van der Waals surface area contributed by atoms with E-state index in [4.69, 9.17) is 4.74 Å². The van der Waals surface area contributed by atoms with Gasteiger partial charge in [-0.05, 0) is 31.7 Å². The predicted molar refractivity (Wildman–Crippen MR) is 124 cm³/mol. The van der Waals surface area contributed by atoms with Crippen LogP contribution in [0.5, 0.6) is 0 Å². The van der Waals surface area contributed by atoms with Crippen molar-refractivity contribution in [2.24, 2.45) is 5.92 Å². The molecule has 2 fully saturated rings. The minimum atomic E-state index is -0.496. The van der Waals surface area contributed by atoms with Gasteiger partial charge in [-0.1, -0.05) is 33.1 Å². The average molecular weight is 447 g/mol. The molecule has 8 heteroatoms. The molecule has 32 heavy (non-hydrogen) atoms. The number of amides is 2. The molecule has 2 heterocycles. The smallest absolute Gasteiger partial charge is 0.256 e. The molecule has 1 aromatic heterocycles. The van der Waals surface area contributed by atoms with Crippen molar-refractivity contribution in [2.75, 3.05) is 45.9 Å². The van der Waals surface area contributed by atoms with Crippen LogP contribution in [-0.2, 0) is 4.74 Å². The van der Waals surface area contributed by atoms with E-state index in [1.807, 2.05) is 18.4 Å². The van der Waals surface area contributed by atoms with Crippen LogP contribution in [0.4, 0.5) is 0 Å². The molecule has 1 aliphatic heterocycles. The second kappa shape index (κ2) is 12.2. The van der Waals surface area contributed by atoms with E-state index >= 15 is 0 Å². The lowest BCUT2D eigenvalue weighted by atomic mass is 9.95. The molecule has 2 N–H and O–H groups in total. The molecule has 0 aromatic carbocycles. The molecule has 0 atom stereocenters. The fourth-order valence-corrected chi connectivity index (χ4v) is 4.33. The highest BCUT2D eigenvalue weighted by Crippen LogP contribution is 2.28. The van der Waals surface area contributed by atoms with Crippen molar-refractivity contribution < 1.29 is 14.3 Å². The lowest BCUT2D eigenvalue weighted by Crippen LogP contribution is -2.39. The Kier molecular flexibility index (Phi) is 9.29. The van der Waals surface area contributed by atoms with Gasteiger partial charge in [-0.25, -0.2) is 0 Å². The molecule has 2 amide bonds. The van der Waals surface area contributed by atoms with Crippen LogP contribution >= 0.6 is 0 Å². The van der Waals surface area contributed by atoms with Crippen molar-refractivity contribution in [3.05, 3.63) is 33.7 Å². The number of hydrogen-bond acceptors (Lipinski definition) is 5. The number of nitrogens with one attached hydrogen (secondary N) is 2. The third-order valence-corrected chi connectivity index (χ3v) is 6.24. The first-order chi connectivity index (χ1) is 15.5. The summed E-state index contributed by atoms with van der Waals surface area (Å²) >= 11 is 0. The fraction of sp³-hybridized carbons (Fsp3) is 0.708. The van der Waals surface area contributed by atoms with Crippen molar-refractivity contribution in [1.82, 2.24) is 20.1 Å². The maximum absolute atomic E-state index is 13.1. The number of pyridine rings is 1. The summed E-state index contributed by atoms with van der Waals surface area (Å²) < 4.78 is 7.28. The summed E-state index contributed by atoms with van der Waals surface area (Å²) in [5, 5.41) is 5.71. The van der Waals surface area contributed by atoms with Gasteiger partial charge in [-0.3, -0.25) is 19.3 Å². The van der Waals surface area contributed by atoms with Crippen LogP contribution in [0.15, 0.2) is 17.2 Å². The lowest BCUT2D eigenvalue weighted by Gasteiger charge is -2.26. The molecule has 178 valence electrons. The van der Waals surface area contributed by atoms with E-state index in [1.165, 1.54) is 6.42 Å². The Hall–Kier alpha value is -2.19. The number of carbonyl (C=O) groups is 2. The van der Waals surface area contributed by atoms with Crippen LogP contribution in [0.2, 0.25) is 0 Å². The Balaban J connectivity index is 1.71. The first kappa shape index (κ1) is 24.5. The number of nitrogens with zero attached hydrogens (tertiary/aromatic N) is 2. The molecule has 1 aromatic rings. The van der Waals surface area contributed by atoms with Gasteiger partial charge in [0.2, 0.25) is 5.43 Å². The second-order valence-corrected chi connectivity index (χ2v) is 9.32. The molecule has 3 rings (SSSR count). The Morgan fingerprint density at radius 1 is 1.03 bits per heavy atom. The lowest BCUT2D eigenvalue weighted by molar-refractivity contribution is 0.0374. The Labute approximate surface area is 190 Å². The van der Waals surface area contributed by atoms with Crippen molar-refractivity contribution >= 4 is 11.8 Å². The number of aromatic nitrogens is 1. The quantitative estimate of drug-likeness (QED) is 0.568. The second-order valence-electron chi connectivity index (χ2n) is 9.32. The monoisotopic (exact) mass is 446 g/mol. The highest BCUT2D eigenvalue weighted by Gasteiger charge is 2.23. The maximum atomic E-state index is 13.1. The Bertz CT molecular complexity index is 824. The zero-order valence-corrected chi connectivity index (χ0v) is 19.5. The van der Waals surface area contributed by atoms with E-state index in [0.717, 1.165) is 65.0 Å². The predicted octanol–water partition coefficient (Wildman–Crippen LogP) is 2.19. The number of morpholine rings is 1. The minimum Gasteiger partial charge on any atom is -0.379 e. The molecule has 2 aliphatic rings. The molecule has 1 saturated carbocycles. The van der Waals surface area contributed by atoms with Crippen LogP contribution in [0, 0.1) is 5.92 Å². The van der Waals surface area contributed by atoms with Gasteiger partial charge in [-0.15, -0.1) is 0 Å². The molecule has 1 saturated heterocycles. The van der Waals surface area contributed by atoms with Crippen LogP contribution in [0.3, 0.4) is 0 Å². The number of rotatable bonds is 9. The van der Waals surface area contributed by atoms with Crippen molar-refractivity contribution in [1.29, 1.82) is 0 Å². The van der Waals surface area contributed by atoms with Crippen LogP contribution < -0.4 is 16.1 Å². The molecular formula is C24H38N4O4. The molecular weight excluding hydrogens is 408 g/mol. The molecule has 1 aliphatic carbocycles. The average Bonchev–Trinajstić information content (AvgIpc) is 2.81. The van der Waals surface area contributed by atoms with Gasteiger partial charge in [-0.2, -0.15) is 0 Å². The van der Waals surface area contributed by atoms with Crippen LogP contribution in [0.1, 0.15) is 79.1 Å². The van der Waals surface area contributed by atoms with Crippen molar-refractivity contribution in [3.63, 3.8) is 0 Å². The topological polar surface area (TPSA) is 92.7 Å². The zero-order valence-electron chi connectivity index (χ0n) is 19.5. The van der Waals surface area contributed by atoms with Crippen molar-refractivity contribution in [3.8, 4) is 0 Å². The minimum absolute atomic E-state index is 0.0530. The summed E-state index contributed by atoms with van der Waals surface area (Å²) in [6.07, 6.45) is 9.53. The highest BCUT2D eigenvalue weighted by molar-refractivity contribution is 5.99. The van der Waals surface area contributed by atoms with E-state index in [1.54, 1.807) is 12.4 Å². The van der Waals surface area contributed by atoms with Gasteiger partial charge in [0.25, 0.3) is 11.8 Å². The van der Waals surface area contributed by atoms with Crippen LogP contribution in [0.25, 0.3) is 0 Å². The molecule has 0 radical (unpaired) electrons. The van der Waals surface area contributed by atoms with Crippen molar-refractivity contribution in [2.45, 2.75) is 58.4 Å². The summed E-state index contributed by atoms with van der Waals surface area (Å²) in [6, 6.07) is 0.217. The summed E-state index contributed by atoms with van der Waals surface area (Å²) in [7, 11) is 0. The number of hydrogen-bond donors (Lipinski definition) is 2. The first-order valence-electron chi connectivity index (χ1n) is 12.1. The standard InChI is InChI=1S/C24H38N4O4/c1-18(2)15-26-24(31)21-17-28(19-7-4-3-5-8-19)16-20(22(21)29)23(30)25-9-6-10-27-11-13-32-14-12-27/h16-19H,3-15H2,1-2H3,(H,25,30)(H,26,31). The van der Waals surface area contributed by atoms with Crippen LogP contribution in [-0.4, -0.2) is 67.2 Å². The van der Waals surface area contributed by atoms with E-state index in [9.17, 15) is 14.4 Å². The third kappa shape index (κ3) is 6.90. The van der Waals surface area contributed by atoms with Gasteiger partial charge in [0.05, 0.1) is 13.2 Å². The summed E-state index contributed by atoms with van der Waals surface area (Å²) in [5.74, 6) is -0.534. The van der Waals surface area contributed by atoms with Gasteiger partial charge < -0.3 is 19.9 Å². The summed E-state index contributed by atoms with van der Waals surface area (Å²) in [4.78, 5) is 41.0. The van der Waals surface area contributed by atoms with Gasteiger partial charge in [0.1, 0.15) is 11.1 Å². The highest BCUT2D eigenvalue weighted by atomic mass is 16.5. The Morgan fingerprint density at radius 2 is 1.66 bits per heavy atom. The van der Waals surface area contributed by atoms with Gasteiger partial charge in [0, 0.05) is 44.6 Å². The molecule has 0 unspecified atom stereocenters. The fourth-order valence-electron chi connectivity index (χ4n) is 4.33. The SMILES string of the molecule is CC(C)CNC(=O)c1cn(C2CCCCC2)cc(C(=O)NCCCN2CCOCC2)c1=O. The normalized spacial score (nSPS) is 18.0. The third-order valence-electron chi connectivity index (χ3n) is 6.24. The molecule has 0 bridgehead atoms. The van der Waals surface area contributed by atoms with Gasteiger partial charge in [0.15, 0.2) is 0 Å². The zero-order chi connectivity index (χ0) is 22.9. The van der Waals surface area contributed by atoms with E-state index in [2.05, 4.69) is 15.5 Å². The Morgan fingerprint density at radius 3 is 2.28 bits per heavy atom. The number of carbonyl (C=O) groups excluding carboxylic acids is 2. The molecule has 8 nitrogen and oxygen atoms in total. The van der Waals surface area contributed by atoms with E-state index in [0.29, 0.717) is 13.1 Å². The molecule has 0 spiro atoms. The maximum Gasteiger partial charge on any atom is 0.256 e. The summed E-state index contributed by atoms with van der Waals surface area (Å²) in [5.41, 5.74) is -0.389. The van der Waals surface area contributed by atoms with E-state index in [-0.39, 0.29) is 23.1 Å². The summed E-state index contributed by atoms with van der Waals surface area (Å²) in [6.45, 7) is 9.18. The largest absolute Gasteiger partial charge is 0.379 e. The number of ether oxygens (including phenoxy) is 1. The van der Waals surface area contributed by atoms with E-state index < -0.39 is 17.2 Å². The van der Waals surface area contributed by atoms with Gasteiger partial charge >= 0.3 is 0 Å². The first-order valence-corrected chi connectivity index (χ1v) is 12.1.